The molecule has 1 unspecified atom stereocenters. The van der Waals surface area contributed by atoms with Crippen molar-refractivity contribution in [2.24, 2.45) is 0 Å². The van der Waals surface area contributed by atoms with E-state index in [9.17, 15) is 0 Å². The van der Waals surface area contributed by atoms with Gasteiger partial charge in [0.2, 0.25) is 0 Å². The van der Waals surface area contributed by atoms with Crippen molar-refractivity contribution in [2.75, 3.05) is 6.61 Å². The van der Waals surface area contributed by atoms with Crippen LogP contribution in [0.25, 0.3) is 0 Å². The molecule has 1 saturated heterocycles. The molecule has 5 heteroatoms. The molecule has 1 aromatic heterocycles. The molecule has 0 bridgehead atoms. The molecule has 0 saturated carbocycles. The van der Waals surface area contributed by atoms with Crippen molar-refractivity contribution in [3.8, 4) is 0 Å². The standard InChI is InChI=1S/C7H12N4O/c1-2-4-12-6(3-1)5-7-8-10-11-9-7/h6H,1-5H2,(H,8,9,10,11). The quantitative estimate of drug-likeness (QED) is 0.690. The van der Waals surface area contributed by atoms with Gasteiger partial charge in [-0.2, -0.15) is 5.21 Å². The maximum Gasteiger partial charge on any atom is 0.177 e. The molecule has 1 aliphatic rings. The molecule has 1 atom stereocenters. The highest BCUT2D eigenvalue weighted by atomic mass is 16.5. The molecule has 1 aromatic rings. The second-order valence-corrected chi connectivity index (χ2v) is 3.02. The molecule has 0 amide bonds. The first-order chi connectivity index (χ1) is 5.95. The van der Waals surface area contributed by atoms with Crippen molar-refractivity contribution in [2.45, 2.75) is 31.8 Å². The van der Waals surface area contributed by atoms with E-state index in [0.717, 1.165) is 25.3 Å². The maximum absolute atomic E-state index is 5.53. The SMILES string of the molecule is C1CCC(Cc2nn[nH]n2)OC1. The molecule has 5 nitrogen and oxygen atoms in total. The third-order valence-corrected chi connectivity index (χ3v) is 2.07. The van der Waals surface area contributed by atoms with Gasteiger partial charge in [-0.05, 0) is 19.3 Å². The molecule has 12 heavy (non-hydrogen) atoms. The van der Waals surface area contributed by atoms with E-state index in [4.69, 9.17) is 4.74 Å². The lowest BCUT2D eigenvalue weighted by atomic mass is 10.1. The summed E-state index contributed by atoms with van der Waals surface area (Å²) in [6.07, 6.45) is 4.65. The Balaban J connectivity index is 1.86. The van der Waals surface area contributed by atoms with Gasteiger partial charge in [0.25, 0.3) is 0 Å². The fourth-order valence-corrected chi connectivity index (χ4v) is 1.44. The van der Waals surface area contributed by atoms with E-state index in [0.29, 0.717) is 6.10 Å². The lowest BCUT2D eigenvalue weighted by Gasteiger charge is -2.20. The number of nitrogens with one attached hydrogen (secondary N) is 1. The van der Waals surface area contributed by atoms with E-state index >= 15 is 0 Å². The fraction of sp³-hybridized carbons (Fsp3) is 0.857. The van der Waals surface area contributed by atoms with E-state index in [1.807, 2.05) is 0 Å². The summed E-state index contributed by atoms with van der Waals surface area (Å²) in [4.78, 5) is 0. The number of aromatic nitrogens is 4. The second-order valence-electron chi connectivity index (χ2n) is 3.02. The summed E-state index contributed by atoms with van der Waals surface area (Å²) >= 11 is 0. The van der Waals surface area contributed by atoms with E-state index in [-0.39, 0.29) is 0 Å². The van der Waals surface area contributed by atoms with Gasteiger partial charge in [0.05, 0.1) is 6.10 Å². The molecular weight excluding hydrogens is 156 g/mol. The van der Waals surface area contributed by atoms with Gasteiger partial charge >= 0.3 is 0 Å². The van der Waals surface area contributed by atoms with Gasteiger partial charge in [-0.25, -0.2) is 0 Å². The molecule has 1 N–H and O–H groups in total. The summed E-state index contributed by atoms with van der Waals surface area (Å²) in [5, 5.41) is 13.7. The van der Waals surface area contributed by atoms with Gasteiger partial charge in [-0.1, -0.05) is 5.21 Å². The molecule has 2 heterocycles. The summed E-state index contributed by atoms with van der Waals surface area (Å²) in [6.45, 7) is 0.877. The largest absolute Gasteiger partial charge is 0.378 e. The third-order valence-electron chi connectivity index (χ3n) is 2.07. The van der Waals surface area contributed by atoms with Crippen LogP contribution >= 0.6 is 0 Å². The Morgan fingerprint density at radius 3 is 3.17 bits per heavy atom. The van der Waals surface area contributed by atoms with E-state index in [1.54, 1.807) is 0 Å². The van der Waals surface area contributed by atoms with Crippen molar-refractivity contribution in [3.05, 3.63) is 5.82 Å². The Labute approximate surface area is 70.5 Å². The van der Waals surface area contributed by atoms with Crippen LogP contribution in [0.2, 0.25) is 0 Å². The van der Waals surface area contributed by atoms with E-state index in [1.165, 1.54) is 12.8 Å². The molecule has 0 aliphatic carbocycles. The van der Waals surface area contributed by atoms with Crippen molar-refractivity contribution in [1.29, 1.82) is 0 Å². The Bertz CT molecular complexity index is 217. The zero-order chi connectivity index (χ0) is 8.23. The highest BCUT2D eigenvalue weighted by Crippen LogP contribution is 2.14. The van der Waals surface area contributed by atoms with Crippen molar-refractivity contribution < 1.29 is 4.74 Å². The first-order valence-electron chi connectivity index (χ1n) is 4.29. The highest BCUT2D eigenvalue weighted by Gasteiger charge is 2.15. The minimum atomic E-state index is 0.302. The summed E-state index contributed by atoms with van der Waals surface area (Å²) in [6, 6.07) is 0. The molecule has 1 fully saturated rings. The predicted octanol–water partition coefficient (Wildman–Crippen LogP) is 0.311. The molecule has 2 rings (SSSR count). The van der Waals surface area contributed by atoms with Crippen LogP contribution in [0.4, 0.5) is 0 Å². The molecule has 0 radical (unpaired) electrons. The number of rotatable bonds is 2. The maximum atomic E-state index is 5.53. The van der Waals surface area contributed by atoms with Gasteiger partial charge < -0.3 is 4.74 Å². The van der Waals surface area contributed by atoms with Gasteiger partial charge in [0, 0.05) is 13.0 Å². The Morgan fingerprint density at radius 1 is 1.50 bits per heavy atom. The van der Waals surface area contributed by atoms with E-state index in [2.05, 4.69) is 20.6 Å². The fourth-order valence-electron chi connectivity index (χ4n) is 1.44. The molecular formula is C7H12N4O. The van der Waals surface area contributed by atoms with Crippen molar-refractivity contribution in [1.82, 2.24) is 20.6 Å². The summed E-state index contributed by atoms with van der Waals surface area (Å²) in [7, 11) is 0. The highest BCUT2D eigenvalue weighted by molar-refractivity contribution is 4.81. The Morgan fingerprint density at radius 2 is 2.50 bits per heavy atom. The average Bonchev–Trinajstić information content (AvgIpc) is 2.59. The van der Waals surface area contributed by atoms with Gasteiger partial charge in [0.1, 0.15) is 0 Å². The number of aromatic amines is 1. The molecule has 1 aliphatic heterocycles. The number of tetrazole rings is 1. The van der Waals surface area contributed by atoms with Gasteiger partial charge in [0.15, 0.2) is 5.82 Å². The number of ether oxygens (including phenoxy) is 1. The van der Waals surface area contributed by atoms with Gasteiger partial charge in [-0.15, -0.1) is 10.2 Å². The zero-order valence-electron chi connectivity index (χ0n) is 6.86. The molecule has 0 aromatic carbocycles. The number of nitrogens with zero attached hydrogens (tertiary/aromatic N) is 3. The van der Waals surface area contributed by atoms with Crippen LogP contribution in [-0.4, -0.2) is 33.3 Å². The number of hydrogen-bond donors (Lipinski definition) is 1. The van der Waals surface area contributed by atoms with Crippen molar-refractivity contribution in [3.63, 3.8) is 0 Å². The first kappa shape index (κ1) is 7.67. The number of H-pyrrole nitrogens is 1. The minimum Gasteiger partial charge on any atom is -0.378 e. The summed E-state index contributed by atoms with van der Waals surface area (Å²) in [5.41, 5.74) is 0. The predicted molar refractivity (Wildman–Crippen MR) is 41.5 cm³/mol. The summed E-state index contributed by atoms with van der Waals surface area (Å²) in [5.74, 6) is 0.752. The van der Waals surface area contributed by atoms with Gasteiger partial charge in [-0.3, -0.25) is 0 Å². The molecule has 0 spiro atoms. The number of hydrogen-bond acceptors (Lipinski definition) is 4. The first-order valence-corrected chi connectivity index (χ1v) is 4.29. The second kappa shape index (κ2) is 3.62. The third kappa shape index (κ3) is 1.79. The van der Waals surface area contributed by atoms with Crippen LogP contribution in [0, 0.1) is 0 Å². The topological polar surface area (TPSA) is 63.7 Å². The monoisotopic (exact) mass is 168 g/mol. The van der Waals surface area contributed by atoms with Crippen LogP contribution in [-0.2, 0) is 11.2 Å². The van der Waals surface area contributed by atoms with Crippen LogP contribution < -0.4 is 0 Å². The lowest BCUT2D eigenvalue weighted by Crippen LogP contribution is -2.21. The zero-order valence-corrected chi connectivity index (χ0v) is 6.86. The average molecular weight is 168 g/mol. The summed E-state index contributed by atoms with van der Waals surface area (Å²) < 4.78 is 5.53. The van der Waals surface area contributed by atoms with Crippen LogP contribution in [0.15, 0.2) is 0 Å². The molecule has 66 valence electrons. The van der Waals surface area contributed by atoms with Crippen molar-refractivity contribution >= 4 is 0 Å². The van der Waals surface area contributed by atoms with Crippen LogP contribution in [0.3, 0.4) is 0 Å². The Kier molecular flexibility index (Phi) is 2.31. The Hall–Kier alpha value is -0.970. The minimum absolute atomic E-state index is 0.302. The lowest BCUT2D eigenvalue weighted by molar-refractivity contribution is 0.0156. The van der Waals surface area contributed by atoms with Crippen LogP contribution in [0.5, 0.6) is 0 Å². The van der Waals surface area contributed by atoms with E-state index < -0.39 is 0 Å². The smallest absolute Gasteiger partial charge is 0.177 e. The van der Waals surface area contributed by atoms with Crippen LogP contribution in [0.1, 0.15) is 25.1 Å². The normalized spacial score (nSPS) is 24.2.